The molecule has 1 amide bonds. The fourth-order valence-corrected chi connectivity index (χ4v) is 5.62. The van der Waals surface area contributed by atoms with Crippen LogP contribution in [0.5, 0.6) is 0 Å². The van der Waals surface area contributed by atoms with Gasteiger partial charge >= 0.3 is 0 Å². The highest BCUT2D eigenvalue weighted by Crippen LogP contribution is 2.33. The molecule has 0 unspecified atom stereocenters. The molecule has 0 saturated carbocycles. The number of anilines is 1. The Balaban J connectivity index is 1.28. The van der Waals surface area contributed by atoms with Crippen molar-refractivity contribution in [1.29, 1.82) is 0 Å². The number of rotatable bonds is 4. The van der Waals surface area contributed by atoms with E-state index < -0.39 is 0 Å². The van der Waals surface area contributed by atoms with Crippen LogP contribution in [0, 0.1) is 13.8 Å². The number of aryl methyl sites for hydroxylation is 2. The molecule has 0 atom stereocenters. The summed E-state index contributed by atoms with van der Waals surface area (Å²) in [6.07, 6.45) is 3.79. The predicted octanol–water partition coefficient (Wildman–Crippen LogP) is 4.13. The molecule has 4 aromatic rings. The van der Waals surface area contributed by atoms with Gasteiger partial charge in [0, 0.05) is 67.8 Å². The molecule has 0 aliphatic carbocycles. The van der Waals surface area contributed by atoms with Gasteiger partial charge in [0.25, 0.3) is 5.91 Å². The van der Waals surface area contributed by atoms with Crippen molar-refractivity contribution in [2.75, 3.05) is 64.4 Å². The maximum Gasteiger partial charge on any atom is 0.254 e. The number of piperazine rings is 1. The Morgan fingerprint density at radius 1 is 0.921 bits per heavy atom. The zero-order chi connectivity index (χ0) is 26.2. The number of morpholine rings is 1. The molecular weight excluding hydrogens is 476 g/mol. The van der Waals surface area contributed by atoms with Gasteiger partial charge in [0.15, 0.2) is 5.65 Å². The maximum absolute atomic E-state index is 12.8. The number of ether oxygens (including phenoxy) is 1. The average molecular weight is 511 g/mol. The number of fused-ring (bicyclic) bond motifs is 1. The van der Waals surface area contributed by atoms with Crippen LogP contribution < -0.4 is 4.90 Å². The third-order valence-electron chi connectivity index (χ3n) is 7.73. The number of H-pyrrole nitrogens is 1. The summed E-state index contributed by atoms with van der Waals surface area (Å²) in [5.41, 5.74) is 10.0. The second-order valence-electron chi connectivity index (χ2n) is 10.4. The molecular formula is C30H34N6O2. The van der Waals surface area contributed by atoms with Crippen LogP contribution >= 0.6 is 0 Å². The number of likely N-dealkylation sites (N-methyl/N-ethyl adjacent to an activating group) is 1. The molecule has 2 aliphatic heterocycles. The standard InChI is InChI=1S/C30H34N6O2/c1-20-16-24(17-21(2)28(20)35-10-8-34(3)9-11-35)26-19-32-29-27(33-26)25(18-31-29)22-4-6-23(7-5-22)30(37)36-12-14-38-15-13-36/h4-7,16-19H,8-15H2,1-3H3,(H,31,32). The van der Waals surface area contributed by atoms with Crippen molar-refractivity contribution >= 4 is 22.8 Å². The van der Waals surface area contributed by atoms with E-state index in [1.165, 1.54) is 16.8 Å². The molecule has 2 aliphatic rings. The monoisotopic (exact) mass is 510 g/mol. The van der Waals surface area contributed by atoms with Crippen LogP contribution in [0.25, 0.3) is 33.5 Å². The van der Waals surface area contributed by atoms with Gasteiger partial charge in [0.1, 0.15) is 5.52 Å². The van der Waals surface area contributed by atoms with E-state index in [2.05, 4.69) is 52.8 Å². The normalized spacial score (nSPS) is 16.8. The highest BCUT2D eigenvalue weighted by atomic mass is 16.5. The molecule has 0 spiro atoms. The number of carbonyl (C=O) groups excluding carboxylic acids is 1. The minimum atomic E-state index is 0.0478. The molecule has 38 heavy (non-hydrogen) atoms. The quantitative estimate of drug-likeness (QED) is 0.445. The maximum atomic E-state index is 12.8. The fraction of sp³-hybridized carbons (Fsp3) is 0.367. The second-order valence-corrected chi connectivity index (χ2v) is 10.4. The number of aromatic amines is 1. The van der Waals surface area contributed by atoms with E-state index >= 15 is 0 Å². The number of aromatic nitrogens is 3. The number of hydrogen-bond donors (Lipinski definition) is 1. The molecule has 8 heteroatoms. The van der Waals surface area contributed by atoms with Crippen molar-refractivity contribution in [2.24, 2.45) is 0 Å². The van der Waals surface area contributed by atoms with Gasteiger partial charge in [-0.2, -0.15) is 0 Å². The molecule has 2 aromatic heterocycles. The SMILES string of the molecule is Cc1cc(-c2cnc3[nH]cc(-c4ccc(C(=O)N5CCOCC5)cc4)c3n2)cc(C)c1N1CCN(C)CC1. The summed E-state index contributed by atoms with van der Waals surface area (Å²) in [5, 5.41) is 0. The van der Waals surface area contributed by atoms with Crippen LogP contribution in [-0.2, 0) is 4.74 Å². The number of carbonyl (C=O) groups is 1. The summed E-state index contributed by atoms with van der Waals surface area (Å²) in [6.45, 7) is 11.1. The topological polar surface area (TPSA) is 77.6 Å². The van der Waals surface area contributed by atoms with Gasteiger partial charge in [0.05, 0.1) is 25.1 Å². The van der Waals surface area contributed by atoms with E-state index in [4.69, 9.17) is 9.72 Å². The van der Waals surface area contributed by atoms with Crippen LogP contribution in [0.3, 0.4) is 0 Å². The first-order chi connectivity index (χ1) is 18.5. The molecule has 8 nitrogen and oxygen atoms in total. The lowest BCUT2D eigenvalue weighted by Crippen LogP contribution is -2.45. The van der Waals surface area contributed by atoms with E-state index in [0.717, 1.165) is 59.7 Å². The Kier molecular flexibility index (Phi) is 6.59. The molecule has 1 N–H and O–H groups in total. The number of nitrogens with zero attached hydrogens (tertiary/aromatic N) is 5. The average Bonchev–Trinajstić information content (AvgIpc) is 3.37. The Morgan fingerprint density at radius 3 is 2.29 bits per heavy atom. The minimum Gasteiger partial charge on any atom is -0.378 e. The number of nitrogens with one attached hydrogen (secondary N) is 1. The predicted molar refractivity (Wildman–Crippen MR) is 151 cm³/mol. The van der Waals surface area contributed by atoms with Gasteiger partial charge in [-0.05, 0) is 61.9 Å². The van der Waals surface area contributed by atoms with Gasteiger partial charge < -0.3 is 24.4 Å². The van der Waals surface area contributed by atoms with Crippen molar-refractivity contribution in [3.05, 3.63) is 65.5 Å². The molecule has 4 heterocycles. The summed E-state index contributed by atoms with van der Waals surface area (Å²) in [7, 11) is 2.18. The summed E-state index contributed by atoms with van der Waals surface area (Å²) in [4.78, 5) is 32.6. The number of benzene rings is 2. The third-order valence-corrected chi connectivity index (χ3v) is 7.73. The van der Waals surface area contributed by atoms with Crippen LogP contribution in [0.15, 0.2) is 48.8 Å². The summed E-state index contributed by atoms with van der Waals surface area (Å²) in [6, 6.07) is 12.2. The van der Waals surface area contributed by atoms with Crippen LogP contribution in [0.2, 0.25) is 0 Å². The minimum absolute atomic E-state index is 0.0478. The Hall–Kier alpha value is -3.75. The lowest BCUT2D eigenvalue weighted by molar-refractivity contribution is 0.0303. The number of hydrogen-bond acceptors (Lipinski definition) is 6. The van der Waals surface area contributed by atoms with Crippen LogP contribution in [0.4, 0.5) is 5.69 Å². The van der Waals surface area contributed by atoms with Gasteiger partial charge in [-0.1, -0.05) is 12.1 Å². The molecule has 0 bridgehead atoms. The fourth-order valence-electron chi connectivity index (χ4n) is 5.62. The lowest BCUT2D eigenvalue weighted by Gasteiger charge is -2.36. The number of amides is 1. The van der Waals surface area contributed by atoms with Gasteiger partial charge in [-0.3, -0.25) is 4.79 Å². The highest BCUT2D eigenvalue weighted by molar-refractivity contribution is 5.96. The lowest BCUT2D eigenvalue weighted by atomic mass is 10.0. The Morgan fingerprint density at radius 2 is 1.61 bits per heavy atom. The highest BCUT2D eigenvalue weighted by Gasteiger charge is 2.20. The summed E-state index contributed by atoms with van der Waals surface area (Å²) < 4.78 is 5.37. The van der Waals surface area contributed by atoms with E-state index in [-0.39, 0.29) is 5.91 Å². The van der Waals surface area contributed by atoms with Crippen molar-refractivity contribution in [3.8, 4) is 22.4 Å². The van der Waals surface area contributed by atoms with Crippen molar-refractivity contribution in [1.82, 2.24) is 24.8 Å². The zero-order valence-corrected chi connectivity index (χ0v) is 22.3. The molecule has 196 valence electrons. The molecule has 2 saturated heterocycles. The first-order valence-electron chi connectivity index (χ1n) is 13.3. The van der Waals surface area contributed by atoms with Gasteiger partial charge in [-0.25, -0.2) is 9.97 Å². The molecule has 2 aromatic carbocycles. The van der Waals surface area contributed by atoms with E-state index in [9.17, 15) is 4.79 Å². The first-order valence-corrected chi connectivity index (χ1v) is 13.3. The van der Waals surface area contributed by atoms with Crippen molar-refractivity contribution in [2.45, 2.75) is 13.8 Å². The van der Waals surface area contributed by atoms with E-state index in [0.29, 0.717) is 31.9 Å². The van der Waals surface area contributed by atoms with Gasteiger partial charge in [0.2, 0.25) is 0 Å². The summed E-state index contributed by atoms with van der Waals surface area (Å²) in [5.74, 6) is 0.0478. The Labute approximate surface area is 223 Å². The van der Waals surface area contributed by atoms with Crippen molar-refractivity contribution < 1.29 is 9.53 Å². The Bertz CT molecular complexity index is 1440. The molecule has 6 rings (SSSR count). The van der Waals surface area contributed by atoms with Crippen molar-refractivity contribution in [3.63, 3.8) is 0 Å². The largest absolute Gasteiger partial charge is 0.378 e. The van der Waals surface area contributed by atoms with Crippen LogP contribution in [0.1, 0.15) is 21.5 Å². The van der Waals surface area contributed by atoms with Gasteiger partial charge in [-0.15, -0.1) is 0 Å². The van der Waals surface area contributed by atoms with E-state index in [1.807, 2.05) is 41.6 Å². The molecule has 2 fully saturated rings. The van der Waals surface area contributed by atoms with E-state index in [1.54, 1.807) is 0 Å². The smallest absolute Gasteiger partial charge is 0.254 e. The van der Waals surface area contributed by atoms with Crippen LogP contribution in [-0.4, -0.2) is 90.2 Å². The zero-order valence-electron chi connectivity index (χ0n) is 22.3. The third kappa shape index (κ3) is 4.66. The second kappa shape index (κ2) is 10.2. The summed E-state index contributed by atoms with van der Waals surface area (Å²) >= 11 is 0. The molecule has 0 radical (unpaired) electrons. The first kappa shape index (κ1) is 24.6.